The fraction of sp³-hybridized carbons (Fsp3) is 0.538. The molecule has 0 atom stereocenters. The second kappa shape index (κ2) is 4.43. The molecule has 2 aromatic rings. The number of aromatic nitrogens is 4. The van der Waals surface area contributed by atoms with Crippen LogP contribution in [-0.2, 0) is 13.0 Å². The minimum atomic E-state index is -0.315. The van der Waals surface area contributed by atoms with Gasteiger partial charge in [-0.15, -0.1) is 10.2 Å². The second-order valence-electron chi connectivity index (χ2n) is 5.39. The first-order chi connectivity index (χ1) is 9.81. The molecule has 3 heterocycles. The Kier molecular flexibility index (Phi) is 2.58. The lowest BCUT2D eigenvalue weighted by molar-refractivity contribution is 0.0986. The van der Waals surface area contributed by atoms with Crippen molar-refractivity contribution >= 4 is 11.9 Å². The number of hydrogen-bond acceptors (Lipinski definition) is 5. The van der Waals surface area contributed by atoms with Gasteiger partial charge in [-0.05, 0) is 25.7 Å². The van der Waals surface area contributed by atoms with Crippen molar-refractivity contribution in [3.05, 3.63) is 23.3 Å². The van der Waals surface area contributed by atoms with E-state index in [4.69, 9.17) is 4.52 Å². The molecule has 2 aromatic heterocycles. The molecule has 1 aliphatic carbocycles. The third kappa shape index (κ3) is 1.99. The summed E-state index contributed by atoms with van der Waals surface area (Å²) in [6, 6.07) is 1.72. The summed E-state index contributed by atoms with van der Waals surface area (Å²) < 4.78 is 7.06. The van der Waals surface area contributed by atoms with Gasteiger partial charge < -0.3 is 4.52 Å². The summed E-state index contributed by atoms with van der Waals surface area (Å²) in [7, 11) is 0. The molecule has 0 saturated heterocycles. The average Bonchev–Trinajstić information content (AvgIpc) is 3.06. The number of fused-ring (bicyclic) bond motifs is 1. The predicted molar refractivity (Wildman–Crippen MR) is 69.4 cm³/mol. The Hall–Kier alpha value is -2.18. The van der Waals surface area contributed by atoms with E-state index in [1.165, 1.54) is 0 Å². The molecular formula is C13H15N5O2. The molecule has 20 heavy (non-hydrogen) atoms. The first kappa shape index (κ1) is 11.6. The highest BCUT2D eigenvalue weighted by atomic mass is 16.5. The molecular weight excluding hydrogens is 258 g/mol. The Labute approximate surface area is 115 Å². The van der Waals surface area contributed by atoms with E-state index in [9.17, 15) is 4.79 Å². The van der Waals surface area contributed by atoms with Gasteiger partial charge >= 0.3 is 0 Å². The van der Waals surface area contributed by atoms with Crippen molar-refractivity contribution in [3.8, 4) is 0 Å². The highest BCUT2D eigenvalue weighted by Gasteiger charge is 2.28. The lowest BCUT2D eigenvalue weighted by Gasteiger charge is -2.14. The van der Waals surface area contributed by atoms with Crippen LogP contribution in [0.3, 0.4) is 0 Å². The fourth-order valence-electron chi connectivity index (χ4n) is 2.53. The number of carbonyl (C=O) groups excluding carboxylic acids is 1. The summed E-state index contributed by atoms with van der Waals surface area (Å²) >= 11 is 0. The van der Waals surface area contributed by atoms with E-state index in [1.54, 1.807) is 6.07 Å². The Morgan fingerprint density at radius 1 is 1.35 bits per heavy atom. The van der Waals surface area contributed by atoms with E-state index in [0.29, 0.717) is 11.9 Å². The van der Waals surface area contributed by atoms with Gasteiger partial charge in [-0.1, -0.05) is 5.16 Å². The highest BCUT2D eigenvalue weighted by molar-refractivity contribution is 6.01. The van der Waals surface area contributed by atoms with Gasteiger partial charge in [0.2, 0.25) is 11.7 Å². The maximum atomic E-state index is 12.1. The first-order valence-corrected chi connectivity index (χ1v) is 7.01. The molecule has 4 rings (SSSR count). The molecule has 0 unspecified atom stereocenters. The molecule has 1 aliphatic heterocycles. The van der Waals surface area contributed by atoms with Gasteiger partial charge in [0, 0.05) is 24.9 Å². The second-order valence-corrected chi connectivity index (χ2v) is 5.39. The topological polar surface area (TPSA) is 85.8 Å². The number of hydrogen-bond donors (Lipinski definition) is 1. The normalized spacial score (nSPS) is 17.8. The summed E-state index contributed by atoms with van der Waals surface area (Å²) in [5, 5.41) is 14.8. The molecule has 0 bridgehead atoms. The zero-order valence-electron chi connectivity index (χ0n) is 11.0. The van der Waals surface area contributed by atoms with Crippen LogP contribution in [0.4, 0.5) is 5.95 Å². The van der Waals surface area contributed by atoms with E-state index >= 15 is 0 Å². The Morgan fingerprint density at radius 3 is 3.10 bits per heavy atom. The van der Waals surface area contributed by atoms with Crippen molar-refractivity contribution in [3.63, 3.8) is 0 Å². The molecule has 0 radical (unpaired) electrons. The minimum Gasteiger partial charge on any atom is -0.351 e. The van der Waals surface area contributed by atoms with Crippen molar-refractivity contribution in [1.82, 2.24) is 19.9 Å². The number of nitrogens with one attached hydrogen (secondary N) is 1. The Morgan fingerprint density at radius 2 is 2.25 bits per heavy atom. The van der Waals surface area contributed by atoms with Crippen molar-refractivity contribution in [2.24, 2.45) is 0 Å². The number of aryl methyl sites for hydroxylation is 1. The van der Waals surface area contributed by atoms with Crippen LogP contribution in [0.15, 0.2) is 10.6 Å². The summed E-state index contributed by atoms with van der Waals surface area (Å²) in [5.41, 5.74) is 0.874. The first-order valence-electron chi connectivity index (χ1n) is 7.01. The number of nitrogens with zero attached hydrogens (tertiary/aromatic N) is 4. The van der Waals surface area contributed by atoms with Crippen LogP contribution in [-0.4, -0.2) is 25.8 Å². The molecule has 1 amide bonds. The summed E-state index contributed by atoms with van der Waals surface area (Å²) in [6.45, 7) is 0.849. The van der Waals surface area contributed by atoms with Gasteiger partial charge in [0.25, 0.3) is 5.91 Å². The summed E-state index contributed by atoms with van der Waals surface area (Å²) in [5.74, 6) is 1.82. The number of amides is 1. The van der Waals surface area contributed by atoms with Gasteiger partial charge in [-0.3, -0.25) is 14.7 Å². The lowest BCUT2D eigenvalue weighted by atomic mass is 10.2. The Bertz CT molecular complexity index is 656. The standard InChI is InChI=1S/C13H15N5O2/c19-12(10-7-9(17-20-10)8-4-5-8)14-13-16-15-11-3-1-2-6-18(11)13/h7-8H,1-6H2,(H,14,16,19). The smallest absolute Gasteiger partial charge is 0.296 e. The predicted octanol–water partition coefficient (Wildman–Crippen LogP) is 1.73. The van der Waals surface area contributed by atoms with E-state index in [1.807, 2.05) is 4.57 Å². The van der Waals surface area contributed by atoms with Crippen LogP contribution >= 0.6 is 0 Å². The molecule has 0 aromatic carbocycles. The summed E-state index contributed by atoms with van der Waals surface area (Å²) in [4.78, 5) is 12.1. The third-order valence-electron chi connectivity index (χ3n) is 3.83. The molecule has 104 valence electrons. The molecule has 7 heteroatoms. The maximum absolute atomic E-state index is 12.1. The van der Waals surface area contributed by atoms with Crippen LogP contribution in [0.5, 0.6) is 0 Å². The lowest BCUT2D eigenvalue weighted by Crippen LogP contribution is -2.18. The van der Waals surface area contributed by atoms with Crippen LogP contribution in [0.2, 0.25) is 0 Å². The van der Waals surface area contributed by atoms with Gasteiger partial charge in [-0.25, -0.2) is 0 Å². The molecule has 1 fully saturated rings. The van der Waals surface area contributed by atoms with Crippen LogP contribution in [0.1, 0.15) is 53.7 Å². The fourth-order valence-corrected chi connectivity index (χ4v) is 2.53. The number of rotatable bonds is 3. The van der Waals surface area contributed by atoms with Gasteiger partial charge in [0.1, 0.15) is 5.82 Å². The van der Waals surface area contributed by atoms with E-state index in [2.05, 4.69) is 20.7 Å². The zero-order chi connectivity index (χ0) is 13.5. The van der Waals surface area contributed by atoms with Crippen LogP contribution in [0, 0.1) is 0 Å². The van der Waals surface area contributed by atoms with Crippen molar-refractivity contribution in [1.29, 1.82) is 0 Å². The van der Waals surface area contributed by atoms with Crippen molar-refractivity contribution in [2.75, 3.05) is 5.32 Å². The van der Waals surface area contributed by atoms with Gasteiger partial charge in [0.05, 0.1) is 5.69 Å². The third-order valence-corrected chi connectivity index (χ3v) is 3.83. The largest absolute Gasteiger partial charge is 0.351 e. The number of anilines is 1. The molecule has 0 spiro atoms. The molecule has 2 aliphatic rings. The van der Waals surface area contributed by atoms with E-state index < -0.39 is 0 Å². The average molecular weight is 273 g/mol. The SMILES string of the molecule is O=C(Nc1nnc2n1CCCC2)c1cc(C2CC2)no1. The van der Waals surface area contributed by atoms with E-state index in [-0.39, 0.29) is 11.7 Å². The van der Waals surface area contributed by atoms with E-state index in [0.717, 1.165) is 50.2 Å². The van der Waals surface area contributed by atoms with Gasteiger partial charge in [0.15, 0.2) is 0 Å². The maximum Gasteiger partial charge on any atom is 0.296 e. The van der Waals surface area contributed by atoms with Crippen LogP contribution < -0.4 is 5.32 Å². The molecule has 1 N–H and O–H groups in total. The van der Waals surface area contributed by atoms with Crippen molar-refractivity contribution in [2.45, 2.75) is 44.6 Å². The molecule has 7 nitrogen and oxygen atoms in total. The monoisotopic (exact) mass is 273 g/mol. The minimum absolute atomic E-state index is 0.236. The van der Waals surface area contributed by atoms with Gasteiger partial charge in [-0.2, -0.15) is 0 Å². The quantitative estimate of drug-likeness (QED) is 0.920. The van der Waals surface area contributed by atoms with Crippen LogP contribution in [0.25, 0.3) is 0 Å². The zero-order valence-corrected chi connectivity index (χ0v) is 11.0. The Balaban J connectivity index is 1.52. The highest BCUT2D eigenvalue weighted by Crippen LogP contribution is 2.39. The number of carbonyl (C=O) groups is 1. The van der Waals surface area contributed by atoms with Crippen molar-refractivity contribution < 1.29 is 9.32 Å². The summed E-state index contributed by atoms with van der Waals surface area (Å²) in [6.07, 6.45) is 5.38. The molecule has 1 saturated carbocycles.